The first-order valence-electron chi connectivity index (χ1n) is 9.85. The number of halogens is 2. The number of aliphatic imine (C=N–C) groups is 1. The number of nitrogens with one attached hydrogen (secondary N) is 2. The van der Waals surface area contributed by atoms with Gasteiger partial charge >= 0.3 is 0 Å². The van der Waals surface area contributed by atoms with Crippen molar-refractivity contribution in [3.05, 3.63) is 65.5 Å². The molecule has 0 aliphatic carbocycles. The highest BCUT2D eigenvalue weighted by atomic mass is 127. The lowest BCUT2D eigenvalue weighted by atomic mass is 10.1. The Labute approximate surface area is 200 Å². The molecule has 0 unspecified atom stereocenters. The minimum absolute atomic E-state index is 0. The van der Waals surface area contributed by atoms with Gasteiger partial charge in [0.2, 0.25) is 10.0 Å². The van der Waals surface area contributed by atoms with Gasteiger partial charge in [-0.25, -0.2) is 17.5 Å². The minimum Gasteiger partial charge on any atom is -0.368 e. The Balaban J connectivity index is 0.00000341. The first-order valence-corrected chi connectivity index (χ1v) is 11.5. The quantitative estimate of drug-likeness (QED) is 0.322. The normalized spacial score (nSPS) is 14.9. The van der Waals surface area contributed by atoms with Crippen LogP contribution in [-0.4, -0.2) is 59.6 Å². The molecule has 1 heterocycles. The van der Waals surface area contributed by atoms with Crippen LogP contribution in [0.4, 0.5) is 10.1 Å². The Morgan fingerprint density at radius 3 is 2.13 bits per heavy atom. The Bertz CT molecular complexity index is 960. The van der Waals surface area contributed by atoms with Gasteiger partial charge in [0.15, 0.2) is 5.96 Å². The van der Waals surface area contributed by atoms with Crippen LogP contribution in [0.3, 0.4) is 0 Å². The molecule has 0 bridgehead atoms. The zero-order valence-corrected chi connectivity index (χ0v) is 20.9. The fraction of sp³-hybridized carbons (Fsp3) is 0.381. The molecular weight excluding hydrogens is 532 g/mol. The SMILES string of the molecule is CN=C(NCc1ccc(CS(=O)(=O)NC)cc1)N1CCN(c2ccc(F)cc2)CC1.I. The van der Waals surface area contributed by atoms with E-state index in [0.29, 0.717) is 6.54 Å². The lowest BCUT2D eigenvalue weighted by Gasteiger charge is -2.37. The van der Waals surface area contributed by atoms with Crippen molar-refractivity contribution in [2.24, 2.45) is 4.99 Å². The number of piperazine rings is 1. The van der Waals surface area contributed by atoms with Gasteiger partial charge < -0.3 is 15.1 Å². The van der Waals surface area contributed by atoms with E-state index in [4.69, 9.17) is 0 Å². The lowest BCUT2D eigenvalue weighted by Crippen LogP contribution is -2.52. The van der Waals surface area contributed by atoms with E-state index < -0.39 is 10.0 Å². The molecule has 1 aliphatic rings. The van der Waals surface area contributed by atoms with Crippen LogP contribution in [0.1, 0.15) is 11.1 Å². The molecule has 0 radical (unpaired) electrons. The van der Waals surface area contributed by atoms with Gasteiger partial charge in [0.05, 0.1) is 5.75 Å². The highest BCUT2D eigenvalue weighted by Gasteiger charge is 2.19. The fourth-order valence-electron chi connectivity index (χ4n) is 3.39. The van der Waals surface area contributed by atoms with Gasteiger partial charge in [0, 0.05) is 45.5 Å². The number of benzene rings is 2. The van der Waals surface area contributed by atoms with Crippen molar-refractivity contribution >= 4 is 45.6 Å². The van der Waals surface area contributed by atoms with Crippen molar-refractivity contribution in [2.75, 3.05) is 45.2 Å². The second kappa shape index (κ2) is 11.6. The molecule has 2 N–H and O–H groups in total. The van der Waals surface area contributed by atoms with Crippen LogP contribution in [0, 0.1) is 5.82 Å². The summed E-state index contributed by atoms with van der Waals surface area (Å²) in [5.41, 5.74) is 2.82. The molecule has 2 aromatic carbocycles. The Hall–Kier alpha value is -1.92. The Kier molecular flexibility index (Phi) is 9.51. The first kappa shape index (κ1) is 25.3. The summed E-state index contributed by atoms with van der Waals surface area (Å²) in [5, 5.41) is 3.37. The van der Waals surface area contributed by atoms with Crippen LogP contribution in [0.15, 0.2) is 53.5 Å². The first-order chi connectivity index (χ1) is 14.4. The highest BCUT2D eigenvalue weighted by Crippen LogP contribution is 2.17. The summed E-state index contributed by atoms with van der Waals surface area (Å²) in [6, 6.07) is 14.1. The second-order valence-corrected chi connectivity index (χ2v) is 9.06. The summed E-state index contributed by atoms with van der Waals surface area (Å²) in [6.07, 6.45) is 0. The predicted molar refractivity (Wildman–Crippen MR) is 134 cm³/mol. The lowest BCUT2D eigenvalue weighted by molar-refractivity contribution is 0.372. The molecule has 7 nitrogen and oxygen atoms in total. The third-order valence-electron chi connectivity index (χ3n) is 5.12. The van der Waals surface area contributed by atoms with Crippen LogP contribution in [-0.2, 0) is 22.3 Å². The number of nitrogens with zero attached hydrogens (tertiary/aromatic N) is 3. The maximum Gasteiger partial charge on any atom is 0.215 e. The van der Waals surface area contributed by atoms with Gasteiger partial charge in [-0.1, -0.05) is 24.3 Å². The number of rotatable bonds is 6. The maximum atomic E-state index is 13.1. The third kappa shape index (κ3) is 7.32. The summed E-state index contributed by atoms with van der Waals surface area (Å²) >= 11 is 0. The van der Waals surface area contributed by atoms with Crippen LogP contribution >= 0.6 is 24.0 Å². The summed E-state index contributed by atoms with van der Waals surface area (Å²) in [6.45, 7) is 3.90. The van der Waals surface area contributed by atoms with Crippen LogP contribution < -0.4 is 14.9 Å². The molecule has 0 spiro atoms. The molecule has 0 atom stereocenters. The van der Waals surface area contributed by atoms with Crippen LogP contribution in [0.25, 0.3) is 0 Å². The summed E-state index contributed by atoms with van der Waals surface area (Å²) in [7, 11) is -0.0907. The highest BCUT2D eigenvalue weighted by molar-refractivity contribution is 14.0. The molecule has 31 heavy (non-hydrogen) atoms. The second-order valence-electron chi connectivity index (χ2n) is 7.13. The van der Waals surface area contributed by atoms with Crippen molar-refractivity contribution in [3.63, 3.8) is 0 Å². The van der Waals surface area contributed by atoms with E-state index in [1.807, 2.05) is 36.4 Å². The number of guanidine groups is 1. The van der Waals surface area contributed by atoms with E-state index >= 15 is 0 Å². The molecule has 1 aliphatic heterocycles. The van der Waals surface area contributed by atoms with Crippen molar-refractivity contribution in [1.29, 1.82) is 0 Å². The zero-order valence-electron chi connectivity index (χ0n) is 17.7. The van der Waals surface area contributed by atoms with E-state index in [9.17, 15) is 12.8 Å². The smallest absolute Gasteiger partial charge is 0.215 e. The molecule has 170 valence electrons. The van der Waals surface area contributed by atoms with E-state index in [-0.39, 0.29) is 35.5 Å². The van der Waals surface area contributed by atoms with Gasteiger partial charge in [-0.2, -0.15) is 0 Å². The Morgan fingerprint density at radius 2 is 1.58 bits per heavy atom. The van der Waals surface area contributed by atoms with Crippen molar-refractivity contribution in [1.82, 2.24) is 14.9 Å². The topological polar surface area (TPSA) is 77.0 Å². The third-order valence-corrected chi connectivity index (χ3v) is 6.46. The molecule has 0 amide bonds. The Morgan fingerprint density at radius 1 is 1.00 bits per heavy atom. The van der Waals surface area contributed by atoms with E-state index in [0.717, 1.165) is 49.0 Å². The zero-order chi connectivity index (χ0) is 21.6. The molecule has 3 rings (SSSR count). The number of sulfonamides is 1. The monoisotopic (exact) mass is 561 g/mol. The number of anilines is 1. The van der Waals surface area contributed by atoms with Gasteiger partial charge in [0.1, 0.15) is 5.82 Å². The summed E-state index contributed by atoms with van der Waals surface area (Å²) in [5.74, 6) is 0.575. The van der Waals surface area contributed by atoms with Gasteiger partial charge in [-0.3, -0.25) is 4.99 Å². The summed E-state index contributed by atoms with van der Waals surface area (Å²) < 4.78 is 38.7. The van der Waals surface area contributed by atoms with Crippen molar-refractivity contribution < 1.29 is 12.8 Å². The summed E-state index contributed by atoms with van der Waals surface area (Å²) in [4.78, 5) is 8.83. The van der Waals surface area contributed by atoms with Gasteiger partial charge in [0.25, 0.3) is 0 Å². The molecule has 1 saturated heterocycles. The van der Waals surface area contributed by atoms with E-state index in [1.54, 1.807) is 7.05 Å². The molecular formula is C21H29FIN5O2S. The standard InChI is InChI=1S/C21H28FN5O2S.HI/c1-23-21(25-15-17-3-5-18(6-4-17)16-30(28,29)24-2)27-13-11-26(12-14-27)20-9-7-19(22)8-10-20;/h3-10,24H,11-16H2,1-2H3,(H,23,25);1H. The molecule has 2 aromatic rings. The van der Waals surface area contributed by atoms with Crippen molar-refractivity contribution in [2.45, 2.75) is 12.3 Å². The number of hydrogen-bond acceptors (Lipinski definition) is 4. The average molecular weight is 561 g/mol. The number of hydrogen-bond donors (Lipinski definition) is 2. The fourth-order valence-corrected chi connectivity index (χ4v) is 4.16. The maximum absolute atomic E-state index is 13.1. The van der Waals surface area contributed by atoms with E-state index in [2.05, 4.69) is 24.8 Å². The largest absolute Gasteiger partial charge is 0.368 e. The molecule has 0 aromatic heterocycles. The minimum atomic E-state index is -3.27. The molecule has 0 saturated carbocycles. The van der Waals surface area contributed by atoms with Gasteiger partial charge in [-0.15, -0.1) is 24.0 Å². The predicted octanol–water partition coefficient (Wildman–Crippen LogP) is 2.39. The van der Waals surface area contributed by atoms with E-state index in [1.165, 1.54) is 19.2 Å². The molecule has 10 heteroatoms. The van der Waals surface area contributed by atoms with Crippen molar-refractivity contribution in [3.8, 4) is 0 Å². The van der Waals surface area contributed by atoms with Crippen LogP contribution in [0.5, 0.6) is 0 Å². The average Bonchev–Trinajstić information content (AvgIpc) is 2.76. The molecule has 1 fully saturated rings. The van der Waals surface area contributed by atoms with Crippen LogP contribution in [0.2, 0.25) is 0 Å². The van der Waals surface area contributed by atoms with Gasteiger partial charge in [-0.05, 0) is 42.4 Å².